The number of hydrogen-bond acceptors (Lipinski definition) is 4. The highest BCUT2D eigenvalue weighted by molar-refractivity contribution is 6.31. The van der Waals surface area contributed by atoms with Crippen molar-refractivity contribution in [2.75, 3.05) is 0 Å². The molecule has 0 saturated heterocycles. The van der Waals surface area contributed by atoms with Crippen molar-refractivity contribution in [3.63, 3.8) is 0 Å². The van der Waals surface area contributed by atoms with Gasteiger partial charge in [0.15, 0.2) is 0 Å². The van der Waals surface area contributed by atoms with E-state index in [1.165, 1.54) is 6.20 Å². The minimum atomic E-state index is -0.155. The summed E-state index contributed by atoms with van der Waals surface area (Å²) in [6.45, 7) is 1.71. The van der Waals surface area contributed by atoms with E-state index in [2.05, 4.69) is 15.2 Å². The molecule has 0 fully saturated rings. The predicted molar refractivity (Wildman–Crippen MR) is 58.6 cm³/mol. The van der Waals surface area contributed by atoms with Gasteiger partial charge in [-0.1, -0.05) is 11.6 Å². The molecule has 0 saturated carbocycles. The summed E-state index contributed by atoms with van der Waals surface area (Å²) in [7, 11) is 0. The molecule has 2 aromatic rings. The van der Waals surface area contributed by atoms with Gasteiger partial charge in [-0.15, -0.1) is 5.10 Å². The second-order valence-corrected chi connectivity index (χ2v) is 3.67. The van der Waals surface area contributed by atoms with Crippen molar-refractivity contribution < 1.29 is 9.84 Å². The summed E-state index contributed by atoms with van der Waals surface area (Å²) >= 11 is 5.80. The topological polar surface area (TPSA) is 71.0 Å². The third-order valence-electron chi connectivity index (χ3n) is 1.97. The molecule has 2 N–H and O–H groups in total. The van der Waals surface area contributed by atoms with Crippen molar-refractivity contribution in [3.8, 4) is 11.8 Å². The first kappa shape index (κ1) is 10.9. The summed E-state index contributed by atoms with van der Waals surface area (Å²) in [5, 5.41) is 16.1. The van der Waals surface area contributed by atoms with E-state index in [9.17, 15) is 0 Å². The van der Waals surface area contributed by atoms with Gasteiger partial charge in [-0.05, 0) is 6.92 Å². The summed E-state index contributed by atoms with van der Waals surface area (Å²) in [5.41, 5.74) is 1.46. The third-order valence-corrected chi connectivity index (χ3v) is 2.31. The van der Waals surface area contributed by atoms with Crippen molar-refractivity contribution in [3.05, 3.63) is 34.6 Å². The Hall–Kier alpha value is -1.59. The number of aromatic amines is 1. The Morgan fingerprint density at radius 3 is 2.88 bits per heavy atom. The Morgan fingerprint density at radius 2 is 2.25 bits per heavy atom. The Balaban J connectivity index is 2.21. The molecule has 16 heavy (non-hydrogen) atoms. The number of H-pyrrole nitrogens is 1. The van der Waals surface area contributed by atoms with Crippen LogP contribution in [0.4, 0.5) is 0 Å². The van der Waals surface area contributed by atoms with Crippen molar-refractivity contribution in [1.29, 1.82) is 0 Å². The monoisotopic (exact) mass is 239 g/mol. The first-order valence-corrected chi connectivity index (χ1v) is 5.02. The fraction of sp³-hybridized carbons (Fsp3) is 0.200. The summed E-state index contributed by atoms with van der Waals surface area (Å²) in [6.07, 6.45) is 1.43. The van der Waals surface area contributed by atoms with Crippen molar-refractivity contribution in [1.82, 2.24) is 15.2 Å². The number of aliphatic hydroxyl groups is 1. The van der Waals surface area contributed by atoms with Gasteiger partial charge < -0.3 is 9.84 Å². The fourth-order valence-electron chi connectivity index (χ4n) is 1.19. The van der Waals surface area contributed by atoms with Crippen LogP contribution < -0.4 is 4.74 Å². The zero-order valence-electron chi connectivity index (χ0n) is 8.57. The van der Waals surface area contributed by atoms with E-state index in [4.69, 9.17) is 21.4 Å². The largest absolute Gasteiger partial charge is 0.419 e. The molecule has 0 bridgehead atoms. The molecule has 6 heteroatoms. The number of nitrogens with one attached hydrogen (secondary N) is 1. The van der Waals surface area contributed by atoms with E-state index in [-0.39, 0.29) is 6.61 Å². The molecule has 0 aliphatic heterocycles. The SMILES string of the molecule is Cc1cc(Oc2cc(CO)c(Cl)cn2)n[nH]1. The molecule has 2 aromatic heterocycles. The molecule has 2 heterocycles. The van der Waals surface area contributed by atoms with Gasteiger partial charge in [-0.25, -0.2) is 4.98 Å². The highest BCUT2D eigenvalue weighted by Gasteiger charge is 2.06. The van der Waals surface area contributed by atoms with Crippen LogP contribution in [0.5, 0.6) is 11.8 Å². The number of aromatic nitrogens is 3. The quantitative estimate of drug-likeness (QED) is 0.860. The molecule has 0 spiro atoms. The third kappa shape index (κ3) is 2.32. The number of halogens is 1. The Labute approximate surface area is 97.0 Å². The van der Waals surface area contributed by atoms with Gasteiger partial charge >= 0.3 is 0 Å². The zero-order chi connectivity index (χ0) is 11.5. The van der Waals surface area contributed by atoms with E-state index in [1.807, 2.05) is 6.92 Å². The van der Waals surface area contributed by atoms with Gasteiger partial charge in [0.05, 0.1) is 11.6 Å². The van der Waals surface area contributed by atoms with Crippen molar-refractivity contribution in [2.45, 2.75) is 13.5 Å². The van der Waals surface area contributed by atoms with Gasteiger partial charge in [0.1, 0.15) is 0 Å². The van der Waals surface area contributed by atoms with E-state index in [1.54, 1.807) is 12.1 Å². The van der Waals surface area contributed by atoms with Gasteiger partial charge in [-0.2, -0.15) is 0 Å². The van der Waals surface area contributed by atoms with Gasteiger partial charge in [0.25, 0.3) is 0 Å². The first-order chi connectivity index (χ1) is 7.69. The van der Waals surface area contributed by atoms with E-state index in [0.29, 0.717) is 22.3 Å². The number of hydrogen-bond donors (Lipinski definition) is 2. The average Bonchev–Trinajstić information content (AvgIpc) is 2.67. The normalized spacial score (nSPS) is 10.4. The number of aliphatic hydroxyl groups excluding tert-OH is 1. The molecule has 0 aliphatic rings. The van der Waals surface area contributed by atoms with E-state index >= 15 is 0 Å². The van der Waals surface area contributed by atoms with Crippen LogP contribution in [-0.2, 0) is 6.61 Å². The molecule has 0 aromatic carbocycles. The predicted octanol–water partition coefficient (Wildman–Crippen LogP) is 2.05. The van der Waals surface area contributed by atoms with E-state index in [0.717, 1.165) is 5.69 Å². The lowest BCUT2D eigenvalue weighted by atomic mass is 10.3. The smallest absolute Gasteiger partial charge is 0.240 e. The number of rotatable bonds is 3. The zero-order valence-corrected chi connectivity index (χ0v) is 9.32. The lowest BCUT2D eigenvalue weighted by molar-refractivity contribution is 0.281. The van der Waals surface area contributed by atoms with Gasteiger partial charge in [-0.3, -0.25) is 5.10 Å². The number of ether oxygens (including phenoxy) is 1. The molecule has 2 rings (SSSR count). The van der Waals surface area contributed by atoms with Crippen LogP contribution >= 0.6 is 11.6 Å². The van der Waals surface area contributed by atoms with Crippen LogP contribution in [0.2, 0.25) is 5.02 Å². The van der Waals surface area contributed by atoms with Crippen molar-refractivity contribution >= 4 is 11.6 Å². The van der Waals surface area contributed by atoms with Crippen LogP contribution in [0.1, 0.15) is 11.3 Å². The summed E-state index contributed by atoms with van der Waals surface area (Å²) in [6, 6.07) is 3.32. The maximum atomic E-state index is 9.02. The second kappa shape index (κ2) is 4.51. The van der Waals surface area contributed by atoms with Crippen molar-refractivity contribution in [2.24, 2.45) is 0 Å². The summed E-state index contributed by atoms with van der Waals surface area (Å²) in [4.78, 5) is 3.97. The maximum Gasteiger partial charge on any atom is 0.240 e. The van der Waals surface area contributed by atoms with Crippen LogP contribution in [0.15, 0.2) is 18.3 Å². The minimum Gasteiger partial charge on any atom is -0.419 e. The van der Waals surface area contributed by atoms with Crippen LogP contribution in [0.3, 0.4) is 0 Å². The molecular formula is C10H10ClN3O2. The molecule has 0 aliphatic carbocycles. The molecule has 0 unspecified atom stereocenters. The number of aryl methyl sites for hydroxylation is 1. The number of pyridine rings is 1. The second-order valence-electron chi connectivity index (χ2n) is 3.26. The average molecular weight is 240 g/mol. The highest BCUT2D eigenvalue weighted by Crippen LogP contribution is 2.22. The Bertz CT molecular complexity index is 499. The molecular weight excluding hydrogens is 230 g/mol. The molecule has 0 radical (unpaired) electrons. The standard InChI is InChI=1S/C10H10ClN3O2/c1-6-2-10(14-13-6)16-9-3-7(5-15)8(11)4-12-9/h2-4,15H,5H2,1H3,(H,13,14). The Kier molecular flexibility index (Phi) is 3.07. The van der Waals surface area contributed by atoms with Crippen LogP contribution in [0, 0.1) is 6.92 Å². The molecule has 5 nitrogen and oxygen atoms in total. The van der Waals surface area contributed by atoms with E-state index < -0.39 is 0 Å². The molecule has 84 valence electrons. The van der Waals surface area contributed by atoms with Crippen LogP contribution in [-0.4, -0.2) is 20.3 Å². The van der Waals surface area contributed by atoms with Gasteiger partial charge in [0, 0.05) is 29.6 Å². The van der Waals surface area contributed by atoms with Gasteiger partial charge in [0.2, 0.25) is 11.8 Å². The molecule has 0 amide bonds. The Morgan fingerprint density at radius 1 is 1.44 bits per heavy atom. The first-order valence-electron chi connectivity index (χ1n) is 4.64. The fourth-order valence-corrected chi connectivity index (χ4v) is 1.35. The maximum absolute atomic E-state index is 9.02. The number of nitrogens with zero attached hydrogens (tertiary/aromatic N) is 2. The highest BCUT2D eigenvalue weighted by atomic mass is 35.5. The summed E-state index contributed by atoms with van der Waals surface area (Å²) in [5.74, 6) is 0.774. The minimum absolute atomic E-state index is 0.155. The molecule has 0 atom stereocenters. The summed E-state index contributed by atoms with van der Waals surface area (Å²) < 4.78 is 5.37. The lowest BCUT2D eigenvalue weighted by Crippen LogP contribution is -1.92. The lowest BCUT2D eigenvalue weighted by Gasteiger charge is -2.03. The van der Waals surface area contributed by atoms with Crippen LogP contribution in [0.25, 0.3) is 0 Å².